The van der Waals surface area contributed by atoms with Crippen molar-refractivity contribution in [1.29, 1.82) is 0 Å². The first kappa shape index (κ1) is 12.8. The predicted molar refractivity (Wildman–Crippen MR) is 64.0 cm³/mol. The van der Waals surface area contributed by atoms with Gasteiger partial charge in [-0.1, -0.05) is 18.5 Å². The molecule has 1 saturated carbocycles. The highest BCUT2D eigenvalue weighted by atomic mass is 35.5. The Balaban J connectivity index is 2.43. The Morgan fingerprint density at radius 1 is 1.47 bits per heavy atom. The van der Waals surface area contributed by atoms with Crippen LogP contribution < -0.4 is 0 Å². The molecule has 94 valence electrons. The molecule has 1 aromatic rings. The molecule has 0 aromatic heterocycles. The second kappa shape index (κ2) is 4.55. The van der Waals surface area contributed by atoms with E-state index in [2.05, 4.69) is 0 Å². The van der Waals surface area contributed by atoms with Crippen LogP contribution in [0.2, 0.25) is 5.02 Å². The van der Waals surface area contributed by atoms with Crippen LogP contribution in [0.15, 0.2) is 23.1 Å². The number of benzene rings is 1. The van der Waals surface area contributed by atoms with Crippen LogP contribution in [0, 0.1) is 5.82 Å². The molecule has 6 heteroatoms. The molecule has 0 aliphatic heterocycles. The highest BCUT2D eigenvalue weighted by Crippen LogP contribution is 2.34. The predicted octanol–water partition coefficient (Wildman–Crippen LogP) is 2.65. The molecule has 1 aliphatic carbocycles. The Morgan fingerprint density at radius 2 is 2.12 bits per heavy atom. The molecular formula is C11H13ClFNO2S. The zero-order chi connectivity index (χ0) is 12.6. The first-order valence-corrected chi connectivity index (χ1v) is 7.25. The van der Waals surface area contributed by atoms with E-state index in [0.29, 0.717) is 6.54 Å². The summed E-state index contributed by atoms with van der Waals surface area (Å²) >= 11 is 5.79. The molecule has 1 fully saturated rings. The minimum Gasteiger partial charge on any atom is -0.207 e. The van der Waals surface area contributed by atoms with Crippen molar-refractivity contribution in [1.82, 2.24) is 4.31 Å². The lowest BCUT2D eigenvalue weighted by atomic mass is 10.3. The average molecular weight is 278 g/mol. The highest BCUT2D eigenvalue weighted by Gasteiger charge is 2.37. The van der Waals surface area contributed by atoms with E-state index >= 15 is 0 Å². The summed E-state index contributed by atoms with van der Waals surface area (Å²) in [6.07, 6.45) is 1.76. The molecule has 0 heterocycles. The summed E-state index contributed by atoms with van der Waals surface area (Å²) in [5, 5.41) is -0.0656. The van der Waals surface area contributed by atoms with Crippen molar-refractivity contribution < 1.29 is 12.8 Å². The third kappa shape index (κ3) is 2.46. The Hall–Kier alpha value is -0.650. The first-order valence-electron chi connectivity index (χ1n) is 5.43. The maximum Gasteiger partial charge on any atom is 0.244 e. The molecule has 0 bridgehead atoms. The van der Waals surface area contributed by atoms with E-state index in [9.17, 15) is 12.8 Å². The van der Waals surface area contributed by atoms with Gasteiger partial charge in [-0.2, -0.15) is 4.31 Å². The third-order valence-corrected chi connectivity index (χ3v) is 5.26. The van der Waals surface area contributed by atoms with Crippen molar-refractivity contribution in [3.63, 3.8) is 0 Å². The lowest BCUT2D eigenvalue weighted by Crippen LogP contribution is -2.33. The van der Waals surface area contributed by atoms with E-state index in [1.165, 1.54) is 10.4 Å². The van der Waals surface area contributed by atoms with Gasteiger partial charge in [0.05, 0.1) is 5.02 Å². The first-order chi connectivity index (χ1) is 7.96. The topological polar surface area (TPSA) is 37.4 Å². The number of halogens is 2. The number of hydrogen-bond donors (Lipinski definition) is 0. The van der Waals surface area contributed by atoms with Crippen molar-refractivity contribution in [3.8, 4) is 0 Å². The molecule has 0 unspecified atom stereocenters. The van der Waals surface area contributed by atoms with Gasteiger partial charge in [-0.05, 0) is 31.0 Å². The molecule has 0 atom stereocenters. The van der Waals surface area contributed by atoms with Crippen LogP contribution in [0.25, 0.3) is 0 Å². The molecule has 0 radical (unpaired) electrons. The summed E-state index contributed by atoms with van der Waals surface area (Å²) in [5.74, 6) is -0.538. The minimum absolute atomic E-state index is 0.0192. The molecule has 0 spiro atoms. The fourth-order valence-corrected chi connectivity index (χ4v) is 4.00. The van der Waals surface area contributed by atoms with Gasteiger partial charge in [0.1, 0.15) is 10.7 Å². The van der Waals surface area contributed by atoms with E-state index in [1.807, 2.05) is 0 Å². The fourth-order valence-electron chi connectivity index (χ4n) is 1.80. The molecule has 3 nitrogen and oxygen atoms in total. The van der Waals surface area contributed by atoms with Gasteiger partial charge in [-0.3, -0.25) is 0 Å². The summed E-state index contributed by atoms with van der Waals surface area (Å²) in [7, 11) is -3.60. The van der Waals surface area contributed by atoms with Gasteiger partial charge in [0.2, 0.25) is 10.0 Å². The summed E-state index contributed by atoms with van der Waals surface area (Å²) in [4.78, 5) is -0.0192. The SMILES string of the molecule is CCN(C1CC1)S(=O)(=O)c1ccc(F)cc1Cl. The van der Waals surface area contributed by atoms with Crippen LogP contribution in [-0.2, 0) is 10.0 Å². The Kier molecular flexibility index (Phi) is 3.43. The molecule has 1 aliphatic rings. The van der Waals surface area contributed by atoms with Crippen molar-refractivity contribution in [3.05, 3.63) is 29.0 Å². The molecule has 1 aromatic carbocycles. The van der Waals surface area contributed by atoms with Gasteiger partial charge in [0.25, 0.3) is 0 Å². The van der Waals surface area contributed by atoms with E-state index in [0.717, 1.165) is 25.0 Å². The highest BCUT2D eigenvalue weighted by molar-refractivity contribution is 7.89. The van der Waals surface area contributed by atoms with E-state index in [4.69, 9.17) is 11.6 Å². The molecule has 17 heavy (non-hydrogen) atoms. The Labute approximate surface area is 105 Å². The van der Waals surface area contributed by atoms with E-state index in [1.54, 1.807) is 6.92 Å². The Morgan fingerprint density at radius 3 is 2.59 bits per heavy atom. The number of nitrogens with zero attached hydrogens (tertiary/aromatic N) is 1. The van der Waals surface area contributed by atoms with Crippen LogP contribution in [0.1, 0.15) is 19.8 Å². The van der Waals surface area contributed by atoms with Crippen molar-refractivity contribution >= 4 is 21.6 Å². The smallest absolute Gasteiger partial charge is 0.207 e. The van der Waals surface area contributed by atoms with Crippen molar-refractivity contribution in [2.45, 2.75) is 30.7 Å². The molecule has 0 amide bonds. The summed E-state index contributed by atoms with van der Waals surface area (Å²) in [6, 6.07) is 3.43. The van der Waals surface area contributed by atoms with Gasteiger partial charge in [0.15, 0.2) is 0 Å². The second-order valence-electron chi connectivity index (χ2n) is 4.01. The monoisotopic (exact) mass is 277 g/mol. The molecule has 0 N–H and O–H groups in total. The summed E-state index contributed by atoms with van der Waals surface area (Å²) in [6.45, 7) is 2.19. The number of rotatable bonds is 4. The fraction of sp³-hybridized carbons (Fsp3) is 0.455. The van der Waals surface area contributed by atoms with Gasteiger partial charge in [-0.15, -0.1) is 0 Å². The molecule has 0 saturated heterocycles. The van der Waals surface area contributed by atoms with Crippen molar-refractivity contribution in [2.75, 3.05) is 6.54 Å². The quantitative estimate of drug-likeness (QED) is 0.848. The van der Waals surface area contributed by atoms with Crippen molar-refractivity contribution in [2.24, 2.45) is 0 Å². The third-order valence-electron chi connectivity index (χ3n) is 2.75. The molecule has 2 rings (SSSR count). The zero-order valence-corrected chi connectivity index (χ0v) is 10.9. The lowest BCUT2D eigenvalue weighted by molar-refractivity contribution is 0.421. The standard InChI is InChI=1S/C11H13ClFNO2S/c1-2-14(9-4-5-9)17(15,16)11-6-3-8(13)7-10(11)12/h3,6-7,9H,2,4-5H2,1H3. The lowest BCUT2D eigenvalue weighted by Gasteiger charge is -2.20. The van der Waals surface area contributed by atoms with Crippen LogP contribution in [0.4, 0.5) is 4.39 Å². The van der Waals surface area contributed by atoms with Gasteiger partial charge in [0, 0.05) is 12.6 Å². The largest absolute Gasteiger partial charge is 0.244 e. The number of sulfonamides is 1. The van der Waals surface area contributed by atoms with Crippen LogP contribution >= 0.6 is 11.6 Å². The maximum atomic E-state index is 12.9. The van der Waals surface area contributed by atoms with E-state index in [-0.39, 0.29) is 16.0 Å². The minimum atomic E-state index is -3.60. The number of hydrogen-bond acceptors (Lipinski definition) is 2. The van der Waals surface area contributed by atoms with Crippen LogP contribution in [0.5, 0.6) is 0 Å². The van der Waals surface area contributed by atoms with Crippen LogP contribution in [0.3, 0.4) is 0 Å². The Bertz CT molecular complexity index is 528. The maximum absolute atomic E-state index is 12.9. The van der Waals surface area contributed by atoms with Gasteiger partial charge in [-0.25, -0.2) is 12.8 Å². The normalized spacial score (nSPS) is 16.5. The second-order valence-corrected chi connectivity index (χ2v) is 6.28. The zero-order valence-electron chi connectivity index (χ0n) is 9.36. The summed E-state index contributed by atoms with van der Waals surface area (Å²) < 4.78 is 38.9. The van der Waals surface area contributed by atoms with Crippen LogP contribution in [-0.4, -0.2) is 25.3 Å². The molecular weight excluding hydrogens is 265 g/mol. The van der Waals surface area contributed by atoms with Gasteiger partial charge < -0.3 is 0 Å². The van der Waals surface area contributed by atoms with E-state index < -0.39 is 15.8 Å². The average Bonchev–Trinajstić information content (AvgIpc) is 3.01. The van der Waals surface area contributed by atoms with Gasteiger partial charge >= 0.3 is 0 Å². The summed E-state index contributed by atoms with van der Waals surface area (Å²) in [5.41, 5.74) is 0.